The number of imidazole rings is 1. The smallest absolute Gasteiger partial charge is 0.255 e. The van der Waals surface area contributed by atoms with Crippen LogP contribution in [0, 0.1) is 17.5 Å². The van der Waals surface area contributed by atoms with Gasteiger partial charge in [0.15, 0.2) is 5.16 Å². The van der Waals surface area contributed by atoms with E-state index >= 15 is 0 Å². The second-order valence-corrected chi connectivity index (χ2v) is 9.49. The maximum atomic E-state index is 13.9. The van der Waals surface area contributed by atoms with E-state index in [0.717, 1.165) is 45.5 Å². The van der Waals surface area contributed by atoms with Gasteiger partial charge in [0.1, 0.15) is 17.5 Å². The minimum absolute atomic E-state index is 0.227. The maximum Gasteiger partial charge on any atom is 0.255 e. The predicted molar refractivity (Wildman–Crippen MR) is 138 cm³/mol. The van der Waals surface area contributed by atoms with Crippen molar-refractivity contribution >= 4 is 46.0 Å². The van der Waals surface area contributed by atoms with Crippen molar-refractivity contribution in [3.8, 4) is 0 Å². The summed E-state index contributed by atoms with van der Waals surface area (Å²) < 4.78 is 42.7. The van der Waals surface area contributed by atoms with Gasteiger partial charge in [-0.15, -0.1) is 0 Å². The van der Waals surface area contributed by atoms with Crippen molar-refractivity contribution in [2.75, 3.05) is 5.32 Å². The lowest BCUT2D eigenvalue weighted by Crippen LogP contribution is -2.13. The molecule has 0 unspecified atom stereocenters. The number of rotatable bonds is 7. The van der Waals surface area contributed by atoms with Crippen LogP contribution in [0.15, 0.2) is 84.3 Å². The van der Waals surface area contributed by atoms with E-state index < -0.39 is 23.4 Å². The van der Waals surface area contributed by atoms with E-state index in [1.165, 1.54) is 23.9 Å². The minimum Gasteiger partial charge on any atom is -0.319 e. The zero-order chi connectivity index (χ0) is 25.9. The van der Waals surface area contributed by atoms with Crippen molar-refractivity contribution in [3.63, 3.8) is 0 Å². The Balaban J connectivity index is 1.35. The largest absolute Gasteiger partial charge is 0.319 e. The van der Waals surface area contributed by atoms with Crippen LogP contribution >= 0.6 is 23.4 Å². The number of fused-ring (bicyclic) bond motifs is 1. The fourth-order valence-corrected chi connectivity index (χ4v) is 5.05. The second kappa shape index (κ2) is 10.7. The first-order valence-corrected chi connectivity index (χ1v) is 12.5. The first-order valence-electron chi connectivity index (χ1n) is 11.1. The number of amides is 1. The van der Waals surface area contributed by atoms with Crippen molar-refractivity contribution in [1.82, 2.24) is 14.5 Å². The Morgan fingerprint density at radius 1 is 0.973 bits per heavy atom. The van der Waals surface area contributed by atoms with Crippen molar-refractivity contribution in [2.45, 2.75) is 17.5 Å². The summed E-state index contributed by atoms with van der Waals surface area (Å²) in [5, 5.41) is 3.47. The predicted octanol–water partition coefficient (Wildman–Crippen LogP) is 7.09. The van der Waals surface area contributed by atoms with Crippen LogP contribution in [0.1, 0.15) is 21.5 Å². The molecule has 1 amide bonds. The number of hydrogen-bond donors (Lipinski definition) is 1. The third-order valence-corrected chi connectivity index (χ3v) is 7.00. The fraction of sp³-hybridized carbons (Fsp3) is 0.0741. The molecule has 0 saturated carbocycles. The number of benzene rings is 3. The molecule has 37 heavy (non-hydrogen) atoms. The first-order chi connectivity index (χ1) is 17.9. The van der Waals surface area contributed by atoms with E-state index in [2.05, 4.69) is 10.3 Å². The van der Waals surface area contributed by atoms with Crippen LogP contribution in [0.25, 0.3) is 11.0 Å². The number of carbonyl (C=O) groups excluding carboxylic acids is 1. The topological polar surface area (TPSA) is 59.8 Å². The third kappa shape index (κ3) is 5.63. The number of nitrogens with one attached hydrogen (secondary N) is 1. The molecule has 0 aliphatic carbocycles. The summed E-state index contributed by atoms with van der Waals surface area (Å²) in [6.07, 6.45) is 3.40. The van der Waals surface area contributed by atoms with E-state index in [0.29, 0.717) is 22.9 Å². The molecule has 2 heterocycles. The molecule has 0 aliphatic heterocycles. The number of halogens is 4. The van der Waals surface area contributed by atoms with Gasteiger partial charge < -0.3 is 9.88 Å². The standard InChI is InChI=1S/C27H18ClF3N4OS/c28-21-11-19(29)6-5-18(21)15-37-27-34-23-9-10-32-13-25(23)35(27)14-16-1-3-17(4-2-16)26(36)33-24-12-20(30)7-8-22(24)31/h1-13H,14-15H2,(H,33,36). The lowest BCUT2D eigenvalue weighted by Gasteiger charge is -2.11. The summed E-state index contributed by atoms with van der Waals surface area (Å²) in [7, 11) is 0. The van der Waals surface area contributed by atoms with E-state index in [4.69, 9.17) is 16.6 Å². The van der Waals surface area contributed by atoms with Crippen molar-refractivity contribution < 1.29 is 18.0 Å². The zero-order valence-electron chi connectivity index (χ0n) is 19.1. The molecule has 3 aromatic carbocycles. The lowest BCUT2D eigenvalue weighted by molar-refractivity contribution is 0.102. The van der Waals surface area contributed by atoms with Crippen LogP contribution < -0.4 is 5.32 Å². The van der Waals surface area contributed by atoms with E-state index in [-0.39, 0.29) is 5.69 Å². The highest BCUT2D eigenvalue weighted by molar-refractivity contribution is 7.98. The molecule has 0 bridgehead atoms. The average Bonchev–Trinajstić information content (AvgIpc) is 3.23. The Morgan fingerprint density at radius 2 is 1.73 bits per heavy atom. The van der Waals surface area contributed by atoms with Gasteiger partial charge in [-0.1, -0.05) is 41.6 Å². The van der Waals surface area contributed by atoms with Crippen molar-refractivity contribution in [3.05, 3.63) is 118 Å². The molecular formula is C27H18ClF3N4OS. The Bertz CT molecular complexity index is 1610. The first kappa shape index (κ1) is 24.9. The normalized spacial score (nSPS) is 11.1. The average molecular weight is 539 g/mol. The molecule has 10 heteroatoms. The van der Waals surface area contributed by atoms with Crippen LogP contribution in [0.3, 0.4) is 0 Å². The summed E-state index contributed by atoms with van der Waals surface area (Å²) in [6.45, 7) is 0.447. The molecule has 5 nitrogen and oxygen atoms in total. The number of pyridine rings is 1. The molecule has 0 spiro atoms. The highest BCUT2D eigenvalue weighted by atomic mass is 35.5. The van der Waals surface area contributed by atoms with Crippen LogP contribution in [0.5, 0.6) is 0 Å². The summed E-state index contributed by atoms with van der Waals surface area (Å²) in [5.74, 6) is -1.83. The summed E-state index contributed by atoms with van der Waals surface area (Å²) in [4.78, 5) is 21.5. The summed E-state index contributed by atoms with van der Waals surface area (Å²) in [5.41, 5.74) is 3.35. The van der Waals surface area contributed by atoms with E-state index in [9.17, 15) is 18.0 Å². The summed E-state index contributed by atoms with van der Waals surface area (Å²) >= 11 is 7.65. The third-order valence-electron chi connectivity index (χ3n) is 5.62. The van der Waals surface area contributed by atoms with Gasteiger partial charge in [0.25, 0.3) is 5.91 Å². The SMILES string of the molecule is O=C(Nc1cc(F)ccc1F)c1ccc(Cn2c(SCc3ccc(F)cc3Cl)nc3ccncc32)cc1. The van der Waals surface area contributed by atoms with Gasteiger partial charge in [0.05, 0.1) is 29.5 Å². The highest BCUT2D eigenvalue weighted by Crippen LogP contribution is 2.30. The number of carbonyl (C=O) groups is 1. The Morgan fingerprint density at radius 3 is 2.51 bits per heavy atom. The van der Waals surface area contributed by atoms with Gasteiger partial charge in [-0.25, -0.2) is 18.2 Å². The van der Waals surface area contributed by atoms with Crippen molar-refractivity contribution in [2.24, 2.45) is 0 Å². The molecule has 0 radical (unpaired) electrons. The Kier molecular flexibility index (Phi) is 7.16. The number of anilines is 1. The molecule has 1 N–H and O–H groups in total. The molecular weight excluding hydrogens is 521 g/mol. The molecule has 5 rings (SSSR count). The van der Waals surface area contributed by atoms with Crippen LogP contribution in [-0.2, 0) is 12.3 Å². The van der Waals surface area contributed by atoms with Gasteiger partial charge in [-0.2, -0.15) is 0 Å². The monoisotopic (exact) mass is 538 g/mol. The molecule has 186 valence electrons. The van der Waals surface area contributed by atoms with E-state index in [1.54, 1.807) is 42.7 Å². The molecule has 0 saturated heterocycles. The van der Waals surface area contributed by atoms with Crippen molar-refractivity contribution in [1.29, 1.82) is 0 Å². The maximum absolute atomic E-state index is 13.9. The molecule has 0 atom stereocenters. The van der Waals surface area contributed by atoms with Gasteiger partial charge >= 0.3 is 0 Å². The Labute approximate surface area is 219 Å². The van der Waals surface area contributed by atoms with Crippen LogP contribution in [0.2, 0.25) is 5.02 Å². The molecule has 0 fully saturated rings. The minimum atomic E-state index is -0.723. The Hall–Kier alpha value is -3.82. The number of aromatic nitrogens is 3. The molecule has 2 aromatic heterocycles. The van der Waals surface area contributed by atoms with Crippen LogP contribution in [-0.4, -0.2) is 20.4 Å². The fourth-order valence-electron chi connectivity index (χ4n) is 3.72. The van der Waals surface area contributed by atoms with Gasteiger partial charge in [-0.3, -0.25) is 9.78 Å². The zero-order valence-corrected chi connectivity index (χ0v) is 20.7. The molecule has 5 aromatic rings. The second-order valence-electron chi connectivity index (χ2n) is 8.14. The number of hydrogen-bond acceptors (Lipinski definition) is 4. The number of thioether (sulfide) groups is 1. The van der Waals surface area contributed by atoms with Gasteiger partial charge in [-0.05, 0) is 53.6 Å². The molecule has 0 aliphatic rings. The van der Waals surface area contributed by atoms with Gasteiger partial charge in [0, 0.05) is 28.6 Å². The highest BCUT2D eigenvalue weighted by Gasteiger charge is 2.15. The summed E-state index contributed by atoms with van der Waals surface area (Å²) in [6, 6.07) is 15.8. The van der Waals surface area contributed by atoms with E-state index in [1.807, 2.05) is 10.6 Å². The lowest BCUT2D eigenvalue weighted by atomic mass is 10.1. The number of nitrogens with zero attached hydrogens (tertiary/aromatic N) is 3. The van der Waals surface area contributed by atoms with Gasteiger partial charge in [0.2, 0.25) is 0 Å². The quantitative estimate of drug-likeness (QED) is 0.225. The van der Waals surface area contributed by atoms with Crippen LogP contribution in [0.4, 0.5) is 18.9 Å².